The van der Waals surface area contributed by atoms with Crippen LogP contribution in [0.5, 0.6) is 0 Å². The minimum atomic E-state index is -0.275. The van der Waals surface area contributed by atoms with Crippen molar-refractivity contribution in [3.05, 3.63) is 22.2 Å². The SMILES string of the molecule is Cc1cc(Br)cc(NC(=O)CNC(=O)CCC2CCCC2)c1N. The number of halogens is 1. The zero-order chi connectivity index (χ0) is 16.8. The first-order valence-electron chi connectivity index (χ1n) is 8.08. The first-order valence-corrected chi connectivity index (χ1v) is 8.87. The Kier molecular flexibility index (Phi) is 6.45. The van der Waals surface area contributed by atoms with Crippen LogP contribution in [0, 0.1) is 12.8 Å². The minimum Gasteiger partial charge on any atom is -0.397 e. The number of hydrogen-bond acceptors (Lipinski definition) is 3. The predicted molar refractivity (Wildman–Crippen MR) is 96.1 cm³/mol. The van der Waals surface area contributed by atoms with E-state index in [-0.39, 0.29) is 18.4 Å². The van der Waals surface area contributed by atoms with Crippen LogP contribution in [0.25, 0.3) is 0 Å². The molecule has 2 amide bonds. The van der Waals surface area contributed by atoms with Crippen molar-refractivity contribution in [1.29, 1.82) is 0 Å². The lowest BCUT2D eigenvalue weighted by Crippen LogP contribution is -2.33. The molecule has 1 aromatic carbocycles. The van der Waals surface area contributed by atoms with Crippen LogP contribution in [-0.2, 0) is 9.59 Å². The molecule has 0 aromatic heterocycles. The van der Waals surface area contributed by atoms with Crippen LogP contribution in [-0.4, -0.2) is 18.4 Å². The predicted octanol–water partition coefficient (Wildman–Crippen LogP) is 3.36. The average molecular weight is 382 g/mol. The van der Waals surface area contributed by atoms with Crippen molar-refractivity contribution in [1.82, 2.24) is 5.32 Å². The molecule has 1 aromatic rings. The van der Waals surface area contributed by atoms with Gasteiger partial charge >= 0.3 is 0 Å². The second-order valence-corrected chi connectivity index (χ2v) is 7.11. The number of amides is 2. The van der Waals surface area contributed by atoms with Gasteiger partial charge in [-0.3, -0.25) is 9.59 Å². The highest BCUT2D eigenvalue weighted by atomic mass is 79.9. The first kappa shape index (κ1) is 17.8. The third-order valence-electron chi connectivity index (χ3n) is 4.33. The van der Waals surface area contributed by atoms with E-state index in [9.17, 15) is 9.59 Å². The smallest absolute Gasteiger partial charge is 0.243 e. The molecular formula is C17H24BrN3O2. The van der Waals surface area contributed by atoms with Crippen molar-refractivity contribution in [2.75, 3.05) is 17.6 Å². The van der Waals surface area contributed by atoms with Crippen molar-refractivity contribution in [2.45, 2.75) is 45.4 Å². The summed E-state index contributed by atoms with van der Waals surface area (Å²) in [5.74, 6) is 0.341. The molecule has 0 unspecified atom stereocenters. The fourth-order valence-electron chi connectivity index (χ4n) is 2.95. The number of rotatable bonds is 6. The van der Waals surface area contributed by atoms with E-state index in [0.717, 1.165) is 16.5 Å². The maximum absolute atomic E-state index is 12.0. The number of hydrogen-bond donors (Lipinski definition) is 3. The van der Waals surface area contributed by atoms with Crippen molar-refractivity contribution in [3.8, 4) is 0 Å². The van der Waals surface area contributed by atoms with E-state index in [0.29, 0.717) is 23.7 Å². The lowest BCUT2D eigenvalue weighted by molar-refractivity contribution is -0.124. The standard InChI is InChI=1S/C17H24BrN3O2/c1-11-8-13(18)9-14(17(11)19)21-16(23)10-20-15(22)7-6-12-4-2-3-5-12/h8-9,12H,2-7,10,19H2,1H3,(H,20,22)(H,21,23). The average Bonchev–Trinajstić information content (AvgIpc) is 3.01. The van der Waals surface area contributed by atoms with E-state index >= 15 is 0 Å². The molecule has 1 aliphatic rings. The van der Waals surface area contributed by atoms with Gasteiger partial charge in [0.1, 0.15) is 0 Å². The summed E-state index contributed by atoms with van der Waals surface area (Å²) in [6.07, 6.45) is 6.44. The van der Waals surface area contributed by atoms with Gasteiger partial charge in [0.15, 0.2) is 0 Å². The molecule has 4 N–H and O–H groups in total. The molecule has 0 heterocycles. The molecule has 1 fully saturated rings. The summed E-state index contributed by atoms with van der Waals surface area (Å²) in [6, 6.07) is 3.64. The topological polar surface area (TPSA) is 84.2 Å². The van der Waals surface area contributed by atoms with E-state index in [1.165, 1.54) is 25.7 Å². The highest BCUT2D eigenvalue weighted by Gasteiger charge is 2.16. The third-order valence-corrected chi connectivity index (χ3v) is 4.78. The number of nitrogens with one attached hydrogen (secondary N) is 2. The van der Waals surface area contributed by atoms with Crippen molar-refractivity contribution in [2.24, 2.45) is 5.92 Å². The van der Waals surface area contributed by atoms with Gasteiger partial charge in [-0.25, -0.2) is 0 Å². The highest BCUT2D eigenvalue weighted by molar-refractivity contribution is 9.10. The molecule has 0 atom stereocenters. The Hall–Kier alpha value is -1.56. The molecule has 0 aliphatic heterocycles. The van der Waals surface area contributed by atoms with Gasteiger partial charge in [0.05, 0.1) is 17.9 Å². The van der Waals surface area contributed by atoms with Crippen LogP contribution in [0.3, 0.4) is 0 Å². The molecule has 23 heavy (non-hydrogen) atoms. The maximum atomic E-state index is 12.0. The summed E-state index contributed by atoms with van der Waals surface area (Å²) in [7, 11) is 0. The summed E-state index contributed by atoms with van der Waals surface area (Å²) in [5.41, 5.74) is 7.93. The van der Waals surface area contributed by atoms with Gasteiger partial charge in [-0.05, 0) is 37.0 Å². The second kappa shape index (κ2) is 8.34. The minimum absolute atomic E-state index is 0.0332. The van der Waals surface area contributed by atoms with Gasteiger partial charge in [-0.15, -0.1) is 0 Å². The van der Waals surface area contributed by atoms with Gasteiger partial charge in [-0.1, -0.05) is 41.6 Å². The molecule has 5 nitrogen and oxygen atoms in total. The first-order chi connectivity index (χ1) is 11.0. The summed E-state index contributed by atoms with van der Waals surface area (Å²) in [6.45, 7) is 1.84. The maximum Gasteiger partial charge on any atom is 0.243 e. The quantitative estimate of drug-likeness (QED) is 0.660. The van der Waals surface area contributed by atoms with Gasteiger partial charge in [0.25, 0.3) is 0 Å². The van der Waals surface area contributed by atoms with Crippen LogP contribution in [0.15, 0.2) is 16.6 Å². The van der Waals surface area contributed by atoms with Crippen molar-refractivity contribution < 1.29 is 9.59 Å². The van der Waals surface area contributed by atoms with Crippen LogP contribution >= 0.6 is 15.9 Å². The van der Waals surface area contributed by atoms with Crippen LogP contribution in [0.1, 0.15) is 44.1 Å². The Morgan fingerprint density at radius 2 is 1.96 bits per heavy atom. The highest BCUT2D eigenvalue weighted by Crippen LogP contribution is 2.28. The van der Waals surface area contributed by atoms with E-state index in [1.807, 2.05) is 13.0 Å². The van der Waals surface area contributed by atoms with E-state index in [2.05, 4.69) is 26.6 Å². The largest absolute Gasteiger partial charge is 0.397 e. The number of anilines is 2. The van der Waals surface area contributed by atoms with E-state index in [4.69, 9.17) is 5.73 Å². The summed E-state index contributed by atoms with van der Waals surface area (Å²) in [5, 5.41) is 5.41. The zero-order valence-electron chi connectivity index (χ0n) is 13.5. The Morgan fingerprint density at radius 3 is 2.65 bits per heavy atom. The van der Waals surface area contributed by atoms with E-state index < -0.39 is 0 Å². The molecule has 1 aliphatic carbocycles. The van der Waals surface area contributed by atoms with Gasteiger partial charge in [0, 0.05) is 10.9 Å². The number of benzene rings is 1. The normalized spacial score (nSPS) is 14.7. The summed E-state index contributed by atoms with van der Waals surface area (Å²) < 4.78 is 0.847. The number of aryl methyl sites for hydroxylation is 1. The Labute approximate surface area is 145 Å². The van der Waals surface area contributed by atoms with Gasteiger partial charge < -0.3 is 16.4 Å². The number of nitrogens with two attached hydrogens (primary N) is 1. The summed E-state index contributed by atoms with van der Waals surface area (Å²) >= 11 is 3.38. The lowest BCUT2D eigenvalue weighted by Gasteiger charge is -2.12. The second-order valence-electron chi connectivity index (χ2n) is 6.20. The Balaban J connectivity index is 1.75. The van der Waals surface area contributed by atoms with Crippen molar-refractivity contribution >= 4 is 39.1 Å². The van der Waals surface area contributed by atoms with Gasteiger partial charge in [0.2, 0.25) is 11.8 Å². The molecule has 0 bridgehead atoms. The monoisotopic (exact) mass is 381 g/mol. The summed E-state index contributed by atoms with van der Waals surface area (Å²) in [4.78, 5) is 23.8. The molecule has 0 spiro atoms. The molecular weight excluding hydrogens is 358 g/mol. The number of carbonyl (C=O) groups is 2. The van der Waals surface area contributed by atoms with Crippen LogP contribution in [0.2, 0.25) is 0 Å². The molecule has 1 saturated carbocycles. The molecule has 2 rings (SSSR count). The zero-order valence-corrected chi connectivity index (χ0v) is 15.0. The number of carbonyl (C=O) groups excluding carboxylic acids is 2. The van der Waals surface area contributed by atoms with Gasteiger partial charge in [-0.2, -0.15) is 0 Å². The van der Waals surface area contributed by atoms with E-state index in [1.54, 1.807) is 6.07 Å². The third kappa shape index (κ3) is 5.53. The van der Waals surface area contributed by atoms with Crippen LogP contribution in [0.4, 0.5) is 11.4 Å². The Bertz CT molecular complexity index is 583. The molecule has 126 valence electrons. The molecule has 0 radical (unpaired) electrons. The fraction of sp³-hybridized carbons (Fsp3) is 0.529. The van der Waals surface area contributed by atoms with Crippen LogP contribution < -0.4 is 16.4 Å². The molecule has 6 heteroatoms. The fourth-order valence-corrected chi connectivity index (χ4v) is 3.53. The van der Waals surface area contributed by atoms with Crippen molar-refractivity contribution in [3.63, 3.8) is 0 Å². The molecule has 0 saturated heterocycles. The number of nitrogen functional groups attached to an aromatic ring is 1. The lowest BCUT2D eigenvalue weighted by atomic mass is 10.0. The Morgan fingerprint density at radius 1 is 1.26 bits per heavy atom.